The smallest absolute Gasteiger partial charge is 0.336 e. The number of aryl methyl sites for hydroxylation is 1. The number of nitrogens with zero attached hydrogens (tertiary/aromatic N) is 1. The molecule has 1 aliphatic carbocycles. The van der Waals surface area contributed by atoms with Gasteiger partial charge < -0.3 is 9.47 Å². The van der Waals surface area contributed by atoms with Crippen molar-refractivity contribution in [1.82, 2.24) is 4.90 Å². The van der Waals surface area contributed by atoms with Crippen LogP contribution in [0.2, 0.25) is 0 Å². The van der Waals surface area contributed by atoms with E-state index >= 15 is 0 Å². The molecule has 2 aliphatic rings. The van der Waals surface area contributed by atoms with Gasteiger partial charge in [-0.15, -0.1) is 0 Å². The number of ether oxygens (including phenoxy) is 2. The van der Waals surface area contributed by atoms with Crippen LogP contribution in [0.15, 0.2) is 18.2 Å². The molecule has 114 valence electrons. The Morgan fingerprint density at radius 3 is 3.00 bits per heavy atom. The number of hydrogen-bond donors (Lipinski definition) is 0. The molecule has 0 amide bonds. The first-order valence-electron chi connectivity index (χ1n) is 7.34. The van der Waals surface area contributed by atoms with E-state index in [-0.39, 0.29) is 23.9 Å². The molecule has 1 heterocycles. The van der Waals surface area contributed by atoms with Crippen LogP contribution in [0.5, 0.6) is 0 Å². The quantitative estimate of drug-likeness (QED) is 0.783. The molecule has 1 saturated heterocycles. The first-order chi connectivity index (χ1) is 10.1. The molecular weight excluding hydrogens is 273 g/mol. The van der Waals surface area contributed by atoms with Crippen molar-refractivity contribution in [2.45, 2.75) is 38.0 Å². The number of carbonyl (C=O) groups is 1. The average Bonchev–Trinajstić information content (AvgIpc) is 2.88. The molecule has 3 rings (SSSR count). The summed E-state index contributed by atoms with van der Waals surface area (Å²) in [4.78, 5) is 14.0. The number of benzene rings is 1. The standard InChI is InChI=1S/C16H20FNO3/c1-10-8-18(9-15(21-10)16(19)20-2)14-6-4-11-3-5-12(17)7-13(11)14/h3,5,7,10,14-15H,4,6,8-9H2,1-2H3/t10-,14?,15?/m1/s1. The molecule has 5 heteroatoms. The zero-order valence-electron chi connectivity index (χ0n) is 12.3. The summed E-state index contributed by atoms with van der Waals surface area (Å²) in [6.07, 6.45) is 1.31. The minimum Gasteiger partial charge on any atom is -0.467 e. The van der Waals surface area contributed by atoms with E-state index in [0.29, 0.717) is 6.54 Å². The van der Waals surface area contributed by atoms with Crippen LogP contribution < -0.4 is 0 Å². The van der Waals surface area contributed by atoms with Crippen molar-refractivity contribution in [2.24, 2.45) is 0 Å². The second-order valence-corrected chi connectivity index (χ2v) is 5.81. The number of halogens is 1. The zero-order chi connectivity index (χ0) is 15.0. The van der Waals surface area contributed by atoms with Gasteiger partial charge in [-0.25, -0.2) is 9.18 Å². The van der Waals surface area contributed by atoms with Crippen molar-refractivity contribution in [3.8, 4) is 0 Å². The molecule has 1 aromatic rings. The number of hydrogen-bond acceptors (Lipinski definition) is 4. The molecule has 0 bridgehead atoms. The van der Waals surface area contributed by atoms with Crippen LogP contribution in [0.1, 0.15) is 30.5 Å². The van der Waals surface area contributed by atoms with E-state index in [1.807, 2.05) is 13.0 Å². The summed E-state index contributed by atoms with van der Waals surface area (Å²) in [5.41, 5.74) is 2.25. The second kappa shape index (κ2) is 5.73. The summed E-state index contributed by atoms with van der Waals surface area (Å²) >= 11 is 0. The molecule has 3 atom stereocenters. The predicted octanol–water partition coefficient (Wildman–Crippen LogP) is 2.08. The summed E-state index contributed by atoms with van der Waals surface area (Å²) in [6, 6.07) is 5.17. The van der Waals surface area contributed by atoms with Crippen LogP contribution in [0.4, 0.5) is 4.39 Å². The Labute approximate surface area is 123 Å². The zero-order valence-corrected chi connectivity index (χ0v) is 12.3. The number of rotatable bonds is 2. The normalized spacial score (nSPS) is 29.2. The van der Waals surface area contributed by atoms with Gasteiger partial charge >= 0.3 is 5.97 Å². The maximum atomic E-state index is 13.5. The van der Waals surface area contributed by atoms with Gasteiger partial charge in [-0.1, -0.05) is 6.07 Å². The summed E-state index contributed by atoms with van der Waals surface area (Å²) in [5, 5.41) is 0. The summed E-state index contributed by atoms with van der Waals surface area (Å²) in [6.45, 7) is 3.19. The number of carbonyl (C=O) groups excluding carboxylic acids is 1. The number of morpholine rings is 1. The molecule has 0 spiro atoms. The molecule has 0 radical (unpaired) electrons. The number of methoxy groups -OCH3 is 1. The predicted molar refractivity (Wildman–Crippen MR) is 75.4 cm³/mol. The van der Waals surface area contributed by atoms with Gasteiger partial charge in [-0.05, 0) is 43.0 Å². The molecule has 4 nitrogen and oxygen atoms in total. The van der Waals surface area contributed by atoms with Crippen LogP contribution in [0.3, 0.4) is 0 Å². The van der Waals surface area contributed by atoms with Gasteiger partial charge in [0.25, 0.3) is 0 Å². The largest absolute Gasteiger partial charge is 0.467 e. The van der Waals surface area contributed by atoms with Gasteiger partial charge in [0.05, 0.1) is 13.2 Å². The topological polar surface area (TPSA) is 38.8 Å². The van der Waals surface area contributed by atoms with E-state index in [1.54, 1.807) is 6.07 Å². The summed E-state index contributed by atoms with van der Waals surface area (Å²) < 4.78 is 24.0. The lowest BCUT2D eigenvalue weighted by atomic mass is 10.0. The van der Waals surface area contributed by atoms with Crippen LogP contribution in [-0.4, -0.2) is 43.3 Å². The Morgan fingerprint density at radius 2 is 2.24 bits per heavy atom. The molecule has 21 heavy (non-hydrogen) atoms. The van der Waals surface area contributed by atoms with E-state index < -0.39 is 6.10 Å². The van der Waals surface area contributed by atoms with Gasteiger partial charge in [0.15, 0.2) is 6.10 Å². The lowest BCUT2D eigenvalue weighted by Crippen LogP contribution is -2.50. The third-order valence-corrected chi connectivity index (χ3v) is 4.35. The lowest BCUT2D eigenvalue weighted by Gasteiger charge is -2.39. The fraction of sp³-hybridized carbons (Fsp3) is 0.562. The van der Waals surface area contributed by atoms with Gasteiger partial charge in [0.2, 0.25) is 0 Å². The molecular formula is C16H20FNO3. The van der Waals surface area contributed by atoms with Crippen LogP contribution in [0, 0.1) is 5.82 Å². The summed E-state index contributed by atoms with van der Waals surface area (Å²) in [7, 11) is 1.37. The van der Waals surface area contributed by atoms with Crippen molar-refractivity contribution in [2.75, 3.05) is 20.2 Å². The Kier molecular flexibility index (Phi) is 3.95. The molecule has 2 unspecified atom stereocenters. The second-order valence-electron chi connectivity index (χ2n) is 5.81. The number of esters is 1. The highest BCUT2D eigenvalue weighted by atomic mass is 19.1. The fourth-order valence-corrected chi connectivity index (χ4v) is 3.43. The summed E-state index contributed by atoms with van der Waals surface area (Å²) in [5.74, 6) is -0.546. The highest BCUT2D eigenvalue weighted by Gasteiger charge is 2.37. The van der Waals surface area contributed by atoms with Gasteiger partial charge in [0.1, 0.15) is 5.82 Å². The number of fused-ring (bicyclic) bond motifs is 1. The first kappa shape index (κ1) is 14.5. The molecule has 1 fully saturated rings. The van der Waals surface area contributed by atoms with Crippen molar-refractivity contribution >= 4 is 5.97 Å². The van der Waals surface area contributed by atoms with E-state index in [1.165, 1.54) is 18.7 Å². The van der Waals surface area contributed by atoms with E-state index in [4.69, 9.17) is 9.47 Å². The lowest BCUT2D eigenvalue weighted by molar-refractivity contribution is -0.168. The Morgan fingerprint density at radius 1 is 1.43 bits per heavy atom. The van der Waals surface area contributed by atoms with Crippen molar-refractivity contribution in [3.05, 3.63) is 35.1 Å². The van der Waals surface area contributed by atoms with E-state index in [0.717, 1.165) is 24.9 Å². The average molecular weight is 293 g/mol. The molecule has 0 aromatic heterocycles. The Bertz CT molecular complexity index is 548. The third-order valence-electron chi connectivity index (χ3n) is 4.35. The minimum absolute atomic E-state index is 0.0412. The van der Waals surface area contributed by atoms with Crippen LogP contribution in [-0.2, 0) is 20.7 Å². The molecule has 1 aromatic carbocycles. The Balaban J connectivity index is 1.81. The highest BCUT2D eigenvalue weighted by Crippen LogP contribution is 2.37. The van der Waals surface area contributed by atoms with Crippen LogP contribution in [0.25, 0.3) is 0 Å². The third kappa shape index (κ3) is 2.80. The monoisotopic (exact) mass is 293 g/mol. The van der Waals surface area contributed by atoms with Crippen LogP contribution >= 0.6 is 0 Å². The highest BCUT2D eigenvalue weighted by molar-refractivity contribution is 5.75. The van der Waals surface area contributed by atoms with Crippen molar-refractivity contribution in [1.29, 1.82) is 0 Å². The molecule has 1 aliphatic heterocycles. The minimum atomic E-state index is -0.559. The van der Waals surface area contributed by atoms with E-state index in [2.05, 4.69) is 4.90 Å². The van der Waals surface area contributed by atoms with Crippen molar-refractivity contribution < 1.29 is 18.7 Å². The van der Waals surface area contributed by atoms with Gasteiger partial charge in [-0.2, -0.15) is 0 Å². The maximum absolute atomic E-state index is 13.5. The van der Waals surface area contributed by atoms with Gasteiger partial charge in [0, 0.05) is 19.1 Å². The maximum Gasteiger partial charge on any atom is 0.336 e. The molecule has 0 saturated carbocycles. The Hall–Kier alpha value is -1.46. The fourth-order valence-electron chi connectivity index (χ4n) is 3.43. The SMILES string of the molecule is COC(=O)C1CN(C2CCc3ccc(F)cc32)C[C@@H](C)O1. The van der Waals surface area contributed by atoms with E-state index in [9.17, 15) is 9.18 Å². The first-order valence-corrected chi connectivity index (χ1v) is 7.34. The van der Waals surface area contributed by atoms with Crippen molar-refractivity contribution in [3.63, 3.8) is 0 Å². The van der Waals surface area contributed by atoms with Gasteiger partial charge in [-0.3, -0.25) is 4.90 Å². The molecule has 0 N–H and O–H groups in total.